The molecule has 0 radical (unpaired) electrons. The van der Waals surface area contributed by atoms with Crippen molar-refractivity contribution in [2.24, 2.45) is 0 Å². The molecule has 25 heavy (non-hydrogen) atoms. The Hall–Kier alpha value is -2.04. The average Bonchev–Trinajstić information content (AvgIpc) is 2.62. The van der Waals surface area contributed by atoms with E-state index in [-0.39, 0.29) is 5.91 Å². The first kappa shape index (κ1) is 17.8. The van der Waals surface area contributed by atoms with Gasteiger partial charge < -0.3 is 10.2 Å². The minimum atomic E-state index is 0.00853. The van der Waals surface area contributed by atoms with Crippen molar-refractivity contribution in [3.63, 3.8) is 0 Å². The van der Waals surface area contributed by atoms with Crippen molar-refractivity contribution >= 4 is 28.9 Å². The van der Waals surface area contributed by atoms with E-state index in [0.717, 1.165) is 32.7 Å². The molecule has 0 saturated carbocycles. The molecule has 1 aliphatic rings. The fourth-order valence-corrected chi connectivity index (χ4v) is 3.27. The zero-order valence-corrected chi connectivity index (χ0v) is 15.3. The molecule has 132 valence electrons. The zero-order valence-electron chi connectivity index (χ0n) is 14.5. The molecular formula is C20H24ClN3O. The number of amides is 1. The first-order valence-electron chi connectivity index (χ1n) is 8.70. The molecular weight excluding hydrogens is 334 g/mol. The lowest BCUT2D eigenvalue weighted by molar-refractivity contribution is -0.116. The van der Waals surface area contributed by atoms with Gasteiger partial charge in [0.15, 0.2) is 0 Å². The van der Waals surface area contributed by atoms with Crippen LogP contribution in [0.15, 0.2) is 48.5 Å². The van der Waals surface area contributed by atoms with Crippen LogP contribution in [-0.2, 0) is 4.79 Å². The van der Waals surface area contributed by atoms with Crippen LogP contribution < -0.4 is 10.2 Å². The summed E-state index contributed by atoms with van der Waals surface area (Å²) >= 11 is 6.07. The number of piperazine rings is 1. The number of anilines is 2. The highest BCUT2D eigenvalue weighted by atomic mass is 35.5. The number of rotatable bonds is 5. The van der Waals surface area contributed by atoms with Crippen molar-refractivity contribution < 1.29 is 4.79 Å². The van der Waals surface area contributed by atoms with Crippen LogP contribution in [0.3, 0.4) is 0 Å². The molecule has 3 rings (SSSR count). The molecule has 0 unspecified atom stereocenters. The van der Waals surface area contributed by atoms with Crippen molar-refractivity contribution in [3.8, 4) is 0 Å². The van der Waals surface area contributed by atoms with Gasteiger partial charge in [0.25, 0.3) is 0 Å². The normalized spacial score (nSPS) is 15.2. The van der Waals surface area contributed by atoms with Gasteiger partial charge in [-0.25, -0.2) is 0 Å². The van der Waals surface area contributed by atoms with Crippen LogP contribution in [-0.4, -0.2) is 43.5 Å². The second-order valence-electron chi connectivity index (χ2n) is 6.45. The smallest absolute Gasteiger partial charge is 0.225 e. The van der Waals surface area contributed by atoms with E-state index in [4.69, 9.17) is 11.6 Å². The zero-order chi connectivity index (χ0) is 17.6. The summed E-state index contributed by atoms with van der Waals surface area (Å²) in [7, 11) is 0. The van der Waals surface area contributed by atoms with Gasteiger partial charge in [-0.15, -0.1) is 0 Å². The number of nitrogens with one attached hydrogen (secondary N) is 1. The summed E-state index contributed by atoms with van der Waals surface area (Å²) < 4.78 is 0. The highest BCUT2D eigenvalue weighted by Gasteiger charge is 2.18. The van der Waals surface area contributed by atoms with Gasteiger partial charge in [0.1, 0.15) is 0 Å². The van der Waals surface area contributed by atoms with E-state index in [1.807, 2.05) is 18.2 Å². The molecule has 1 fully saturated rings. The lowest BCUT2D eigenvalue weighted by atomic mass is 10.2. The SMILES string of the molecule is Cc1cccc(N2CCN(CCC(=O)Nc3ccccc3Cl)CC2)c1. The van der Waals surface area contributed by atoms with Crippen molar-refractivity contribution in [2.45, 2.75) is 13.3 Å². The number of benzene rings is 2. The van der Waals surface area contributed by atoms with Crippen LogP contribution in [0, 0.1) is 6.92 Å². The van der Waals surface area contributed by atoms with Crippen molar-refractivity contribution in [2.75, 3.05) is 42.9 Å². The Morgan fingerprint density at radius 1 is 1.08 bits per heavy atom. The van der Waals surface area contributed by atoms with Crippen LogP contribution in [0.4, 0.5) is 11.4 Å². The maximum absolute atomic E-state index is 12.1. The quantitative estimate of drug-likeness (QED) is 0.884. The first-order valence-corrected chi connectivity index (χ1v) is 9.08. The Labute approximate surface area is 154 Å². The molecule has 1 amide bonds. The Bertz CT molecular complexity index is 726. The number of para-hydroxylation sites is 1. The third-order valence-electron chi connectivity index (χ3n) is 4.54. The molecule has 1 N–H and O–H groups in total. The maximum Gasteiger partial charge on any atom is 0.225 e. The topological polar surface area (TPSA) is 35.6 Å². The Morgan fingerprint density at radius 2 is 1.84 bits per heavy atom. The number of halogens is 1. The Balaban J connectivity index is 1.43. The molecule has 0 atom stereocenters. The minimum absolute atomic E-state index is 0.00853. The fourth-order valence-electron chi connectivity index (χ4n) is 3.09. The molecule has 1 aliphatic heterocycles. The van der Waals surface area contributed by atoms with Crippen LogP contribution in [0.1, 0.15) is 12.0 Å². The van der Waals surface area contributed by atoms with Gasteiger partial charge >= 0.3 is 0 Å². The highest BCUT2D eigenvalue weighted by molar-refractivity contribution is 6.33. The minimum Gasteiger partial charge on any atom is -0.369 e. The van der Waals surface area contributed by atoms with E-state index < -0.39 is 0 Å². The van der Waals surface area contributed by atoms with E-state index in [0.29, 0.717) is 17.1 Å². The molecule has 4 nitrogen and oxygen atoms in total. The molecule has 5 heteroatoms. The van der Waals surface area contributed by atoms with Crippen LogP contribution in [0.2, 0.25) is 5.02 Å². The van der Waals surface area contributed by atoms with Gasteiger partial charge in [-0.05, 0) is 36.8 Å². The fraction of sp³-hybridized carbons (Fsp3) is 0.350. The molecule has 2 aromatic rings. The third kappa shape index (κ3) is 4.97. The number of carbonyl (C=O) groups excluding carboxylic acids is 1. The largest absolute Gasteiger partial charge is 0.369 e. The van der Waals surface area contributed by atoms with E-state index in [1.54, 1.807) is 6.07 Å². The van der Waals surface area contributed by atoms with E-state index in [2.05, 4.69) is 46.3 Å². The number of hydrogen-bond acceptors (Lipinski definition) is 3. The second kappa shape index (κ2) is 8.37. The van der Waals surface area contributed by atoms with E-state index in [9.17, 15) is 4.79 Å². The Kier molecular flexibility index (Phi) is 5.95. The summed E-state index contributed by atoms with van der Waals surface area (Å²) in [4.78, 5) is 16.9. The number of carbonyl (C=O) groups is 1. The summed E-state index contributed by atoms with van der Waals surface area (Å²) in [6, 6.07) is 15.9. The molecule has 1 saturated heterocycles. The van der Waals surface area contributed by atoms with E-state index in [1.165, 1.54) is 11.3 Å². The number of aryl methyl sites for hydroxylation is 1. The van der Waals surface area contributed by atoms with Crippen LogP contribution in [0.25, 0.3) is 0 Å². The lowest BCUT2D eigenvalue weighted by Gasteiger charge is -2.36. The monoisotopic (exact) mass is 357 g/mol. The lowest BCUT2D eigenvalue weighted by Crippen LogP contribution is -2.47. The number of nitrogens with zero attached hydrogens (tertiary/aromatic N) is 2. The highest BCUT2D eigenvalue weighted by Crippen LogP contribution is 2.21. The molecule has 0 spiro atoms. The van der Waals surface area contributed by atoms with E-state index >= 15 is 0 Å². The summed E-state index contributed by atoms with van der Waals surface area (Å²) in [6.45, 7) is 6.85. The summed E-state index contributed by atoms with van der Waals surface area (Å²) in [5.41, 5.74) is 3.26. The molecule has 0 aromatic heterocycles. The molecule has 2 aromatic carbocycles. The molecule has 1 heterocycles. The average molecular weight is 358 g/mol. The van der Waals surface area contributed by atoms with Gasteiger partial charge in [0.2, 0.25) is 5.91 Å². The standard InChI is InChI=1S/C20H24ClN3O/c1-16-5-4-6-17(15-16)24-13-11-23(12-14-24)10-9-20(25)22-19-8-3-2-7-18(19)21/h2-8,15H,9-14H2,1H3,(H,22,25). The second-order valence-corrected chi connectivity index (χ2v) is 6.85. The summed E-state index contributed by atoms with van der Waals surface area (Å²) in [5, 5.41) is 3.45. The van der Waals surface area contributed by atoms with Gasteiger partial charge in [0.05, 0.1) is 10.7 Å². The summed E-state index contributed by atoms with van der Waals surface area (Å²) in [5.74, 6) is 0.00853. The van der Waals surface area contributed by atoms with Gasteiger partial charge in [0, 0.05) is 44.8 Å². The maximum atomic E-state index is 12.1. The predicted octanol–water partition coefficient (Wildman–Crippen LogP) is 3.80. The van der Waals surface area contributed by atoms with Crippen molar-refractivity contribution in [3.05, 3.63) is 59.1 Å². The third-order valence-corrected chi connectivity index (χ3v) is 4.87. The van der Waals surface area contributed by atoms with Crippen molar-refractivity contribution in [1.82, 2.24) is 4.90 Å². The summed E-state index contributed by atoms with van der Waals surface area (Å²) in [6.07, 6.45) is 0.482. The number of hydrogen-bond donors (Lipinski definition) is 1. The van der Waals surface area contributed by atoms with Crippen molar-refractivity contribution in [1.29, 1.82) is 0 Å². The van der Waals surface area contributed by atoms with Crippen LogP contribution in [0.5, 0.6) is 0 Å². The van der Waals surface area contributed by atoms with Gasteiger partial charge in [-0.1, -0.05) is 35.9 Å². The molecule has 0 aliphatic carbocycles. The molecule has 0 bridgehead atoms. The van der Waals surface area contributed by atoms with Crippen LogP contribution >= 0.6 is 11.6 Å². The van der Waals surface area contributed by atoms with Gasteiger partial charge in [-0.2, -0.15) is 0 Å². The van der Waals surface area contributed by atoms with Gasteiger partial charge in [-0.3, -0.25) is 9.69 Å². The predicted molar refractivity (Wildman–Crippen MR) is 105 cm³/mol. The Morgan fingerprint density at radius 3 is 2.56 bits per heavy atom. The first-order chi connectivity index (χ1) is 12.1.